The van der Waals surface area contributed by atoms with Crippen LogP contribution in [0.4, 0.5) is 4.79 Å². The van der Waals surface area contributed by atoms with Gasteiger partial charge >= 0.3 is 12.1 Å². The number of carboxylic acid groups (broad SMARTS) is 1. The summed E-state index contributed by atoms with van der Waals surface area (Å²) in [7, 11) is 0. The molecule has 2 aliphatic rings. The average molecular weight is 197 g/mol. The molecule has 0 aromatic rings. The lowest BCUT2D eigenvalue weighted by atomic mass is 10.0. The monoisotopic (exact) mass is 197 g/mol. The number of amides is 1. The van der Waals surface area contributed by atoms with Crippen LogP contribution in [0.5, 0.6) is 0 Å². The van der Waals surface area contributed by atoms with Gasteiger partial charge in [0.25, 0.3) is 0 Å². The Morgan fingerprint density at radius 1 is 1.57 bits per heavy atom. The molecule has 5 heteroatoms. The molecule has 76 valence electrons. The van der Waals surface area contributed by atoms with Gasteiger partial charge in [-0.25, -0.2) is 9.59 Å². The van der Waals surface area contributed by atoms with Crippen molar-refractivity contribution in [1.29, 1.82) is 0 Å². The van der Waals surface area contributed by atoms with E-state index in [4.69, 9.17) is 9.84 Å². The molecule has 2 fully saturated rings. The maximum atomic E-state index is 11.3. The van der Waals surface area contributed by atoms with Crippen LogP contribution in [0.25, 0.3) is 0 Å². The van der Waals surface area contributed by atoms with Gasteiger partial charge in [0.05, 0.1) is 12.1 Å². The van der Waals surface area contributed by atoms with E-state index in [-0.39, 0.29) is 11.8 Å². The van der Waals surface area contributed by atoms with Crippen LogP contribution < -0.4 is 0 Å². The first-order valence-corrected chi connectivity index (χ1v) is 4.61. The molecule has 1 unspecified atom stereocenters. The SMILES string of the molecule is O=C(O)/C=C1\OC(=O)N2CCCCC12. The molecule has 0 aliphatic carbocycles. The Kier molecular flexibility index (Phi) is 2.15. The third kappa shape index (κ3) is 1.45. The van der Waals surface area contributed by atoms with Crippen molar-refractivity contribution in [2.75, 3.05) is 6.54 Å². The van der Waals surface area contributed by atoms with Gasteiger partial charge in [-0.05, 0) is 19.3 Å². The number of nitrogens with zero attached hydrogens (tertiary/aromatic N) is 1. The van der Waals surface area contributed by atoms with Gasteiger partial charge in [0.1, 0.15) is 5.76 Å². The number of cyclic esters (lactones) is 1. The number of hydrogen-bond acceptors (Lipinski definition) is 3. The fourth-order valence-electron chi connectivity index (χ4n) is 1.92. The van der Waals surface area contributed by atoms with Crippen molar-refractivity contribution >= 4 is 12.1 Å². The van der Waals surface area contributed by atoms with Crippen LogP contribution in [-0.4, -0.2) is 34.7 Å². The van der Waals surface area contributed by atoms with Crippen LogP contribution in [-0.2, 0) is 9.53 Å². The smallest absolute Gasteiger partial charge is 0.415 e. The maximum Gasteiger partial charge on any atom is 0.415 e. The molecular weight excluding hydrogens is 186 g/mol. The number of fused-ring (bicyclic) bond motifs is 1. The van der Waals surface area contributed by atoms with Crippen LogP contribution >= 0.6 is 0 Å². The van der Waals surface area contributed by atoms with E-state index in [1.54, 1.807) is 4.90 Å². The molecule has 0 aromatic heterocycles. The van der Waals surface area contributed by atoms with E-state index < -0.39 is 12.1 Å². The Morgan fingerprint density at radius 2 is 2.36 bits per heavy atom. The van der Waals surface area contributed by atoms with E-state index in [2.05, 4.69) is 0 Å². The molecule has 2 saturated heterocycles. The van der Waals surface area contributed by atoms with Gasteiger partial charge in [0.2, 0.25) is 0 Å². The zero-order valence-corrected chi connectivity index (χ0v) is 7.60. The van der Waals surface area contributed by atoms with Gasteiger partial charge in [-0.2, -0.15) is 0 Å². The topological polar surface area (TPSA) is 66.8 Å². The van der Waals surface area contributed by atoms with E-state index in [0.29, 0.717) is 6.54 Å². The molecule has 2 heterocycles. The van der Waals surface area contributed by atoms with Gasteiger partial charge in [-0.1, -0.05) is 0 Å². The zero-order chi connectivity index (χ0) is 10.1. The Bertz CT molecular complexity index is 310. The lowest BCUT2D eigenvalue weighted by Crippen LogP contribution is -2.37. The second kappa shape index (κ2) is 3.32. The number of aliphatic carboxylic acids is 1. The summed E-state index contributed by atoms with van der Waals surface area (Å²) in [5.74, 6) is -0.789. The molecule has 0 spiro atoms. The van der Waals surface area contributed by atoms with Crippen molar-refractivity contribution in [3.05, 3.63) is 11.8 Å². The molecule has 0 bridgehead atoms. The summed E-state index contributed by atoms with van der Waals surface area (Å²) in [6, 6.07) is -0.146. The van der Waals surface area contributed by atoms with Crippen LogP contribution in [0.15, 0.2) is 11.8 Å². The predicted molar refractivity (Wildman–Crippen MR) is 46.5 cm³/mol. The van der Waals surface area contributed by atoms with Crippen molar-refractivity contribution in [1.82, 2.24) is 4.90 Å². The molecule has 0 saturated carbocycles. The van der Waals surface area contributed by atoms with E-state index in [0.717, 1.165) is 25.3 Å². The molecule has 0 radical (unpaired) electrons. The largest absolute Gasteiger partial charge is 0.478 e. The molecule has 1 amide bonds. The quantitative estimate of drug-likeness (QED) is 0.636. The number of carbonyl (C=O) groups excluding carboxylic acids is 1. The van der Waals surface area contributed by atoms with Crippen molar-refractivity contribution in [2.24, 2.45) is 0 Å². The van der Waals surface area contributed by atoms with Crippen molar-refractivity contribution in [3.63, 3.8) is 0 Å². The van der Waals surface area contributed by atoms with Crippen molar-refractivity contribution in [2.45, 2.75) is 25.3 Å². The van der Waals surface area contributed by atoms with Crippen LogP contribution in [0.3, 0.4) is 0 Å². The molecule has 2 aliphatic heterocycles. The summed E-state index contributed by atoms with van der Waals surface area (Å²) in [6.45, 7) is 0.667. The minimum Gasteiger partial charge on any atom is -0.478 e. The van der Waals surface area contributed by atoms with E-state index in [9.17, 15) is 9.59 Å². The lowest BCUT2D eigenvalue weighted by Gasteiger charge is -2.25. The maximum absolute atomic E-state index is 11.3. The number of hydrogen-bond donors (Lipinski definition) is 1. The zero-order valence-electron chi connectivity index (χ0n) is 7.60. The number of carboxylic acids is 1. The second-order valence-electron chi connectivity index (χ2n) is 3.46. The van der Waals surface area contributed by atoms with Gasteiger partial charge in [0, 0.05) is 6.54 Å². The summed E-state index contributed by atoms with van der Waals surface area (Å²) >= 11 is 0. The highest BCUT2D eigenvalue weighted by Crippen LogP contribution is 2.30. The van der Waals surface area contributed by atoms with Gasteiger partial charge in [0.15, 0.2) is 0 Å². The van der Waals surface area contributed by atoms with E-state index >= 15 is 0 Å². The first-order valence-electron chi connectivity index (χ1n) is 4.61. The Balaban J connectivity index is 2.22. The fraction of sp³-hybridized carbons (Fsp3) is 0.556. The van der Waals surface area contributed by atoms with Crippen LogP contribution in [0.1, 0.15) is 19.3 Å². The number of ether oxygens (including phenoxy) is 1. The minimum absolute atomic E-state index is 0.146. The summed E-state index contributed by atoms with van der Waals surface area (Å²) in [5, 5.41) is 8.56. The molecule has 0 aromatic carbocycles. The van der Waals surface area contributed by atoms with E-state index in [1.165, 1.54) is 0 Å². The highest BCUT2D eigenvalue weighted by atomic mass is 16.6. The van der Waals surface area contributed by atoms with Gasteiger partial charge in [-0.3, -0.25) is 4.90 Å². The third-order valence-electron chi connectivity index (χ3n) is 2.54. The first kappa shape index (κ1) is 9.05. The minimum atomic E-state index is -1.07. The summed E-state index contributed by atoms with van der Waals surface area (Å²) in [5.41, 5.74) is 0. The van der Waals surface area contributed by atoms with Crippen molar-refractivity contribution in [3.8, 4) is 0 Å². The summed E-state index contributed by atoms with van der Waals surface area (Å²) < 4.78 is 4.89. The highest BCUT2D eigenvalue weighted by molar-refractivity contribution is 5.83. The standard InChI is InChI=1S/C9H11NO4/c11-8(12)5-7-6-3-1-2-4-10(6)9(13)14-7/h5-6H,1-4H2,(H,11,12)/b7-5-. The Morgan fingerprint density at radius 3 is 3.07 bits per heavy atom. The van der Waals surface area contributed by atoms with E-state index in [1.807, 2.05) is 0 Å². The Hall–Kier alpha value is -1.52. The highest BCUT2D eigenvalue weighted by Gasteiger charge is 2.39. The summed E-state index contributed by atoms with van der Waals surface area (Å²) in [6.07, 6.45) is 3.33. The molecule has 5 nitrogen and oxygen atoms in total. The van der Waals surface area contributed by atoms with Crippen LogP contribution in [0.2, 0.25) is 0 Å². The lowest BCUT2D eigenvalue weighted by molar-refractivity contribution is -0.131. The molecule has 1 atom stereocenters. The van der Waals surface area contributed by atoms with Gasteiger partial charge in [-0.15, -0.1) is 0 Å². The molecule has 1 N–H and O–H groups in total. The first-order chi connectivity index (χ1) is 6.68. The second-order valence-corrected chi connectivity index (χ2v) is 3.46. The summed E-state index contributed by atoms with van der Waals surface area (Å²) in [4.78, 5) is 23.3. The molecule has 2 rings (SSSR count). The predicted octanol–water partition coefficient (Wildman–Crippen LogP) is 0.960. The fourth-order valence-corrected chi connectivity index (χ4v) is 1.92. The Labute approximate surface area is 80.9 Å². The van der Waals surface area contributed by atoms with Gasteiger partial charge < -0.3 is 9.84 Å². The molecular formula is C9H11NO4. The normalized spacial score (nSPS) is 28.9. The number of rotatable bonds is 1. The molecule has 14 heavy (non-hydrogen) atoms. The van der Waals surface area contributed by atoms with Crippen molar-refractivity contribution < 1.29 is 19.4 Å². The number of piperidine rings is 1. The third-order valence-corrected chi connectivity index (χ3v) is 2.54. The average Bonchev–Trinajstić information content (AvgIpc) is 2.44. The van der Waals surface area contributed by atoms with Crippen LogP contribution in [0, 0.1) is 0 Å². The number of carbonyl (C=O) groups is 2.